The lowest BCUT2D eigenvalue weighted by Gasteiger charge is -2.49. The number of likely N-dealkylation sites (tertiary alicyclic amines) is 2. The van der Waals surface area contributed by atoms with Gasteiger partial charge in [0.2, 0.25) is 11.8 Å². The highest BCUT2D eigenvalue weighted by Crippen LogP contribution is 2.42. The normalized spacial score (nSPS) is 27.2. The van der Waals surface area contributed by atoms with Gasteiger partial charge in [0.15, 0.2) is 0 Å². The van der Waals surface area contributed by atoms with E-state index in [1.54, 1.807) is 17.0 Å². The summed E-state index contributed by atoms with van der Waals surface area (Å²) in [4.78, 5) is 33.4. The number of hydrogen-bond donors (Lipinski definition) is 1. The number of hydrogen-bond acceptors (Lipinski definition) is 6. The van der Waals surface area contributed by atoms with Gasteiger partial charge in [-0.3, -0.25) is 19.4 Å². The zero-order valence-corrected chi connectivity index (χ0v) is 24.7. The van der Waals surface area contributed by atoms with Crippen molar-refractivity contribution in [1.82, 2.24) is 19.0 Å². The van der Waals surface area contributed by atoms with Crippen molar-refractivity contribution in [2.45, 2.75) is 62.8 Å². The molecular formula is C27H39Cl2N5O4S. The van der Waals surface area contributed by atoms with Gasteiger partial charge in [-0.2, -0.15) is 12.7 Å². The molecule has 39 heavy (non-hydrogen) atoms. The largest absolute Gasteiger partial charge is 0.300 e. The van der Waals surface area contributed by atoms with Crippen LogP contribution in [0.3, 0.4) is 0 Å². The topological polar surface area (TPSA) is 107 Å². The Kier molecular flexibility index (Phi) is 8.93. The maximum atomic E-state index is 14.2. The molecule has 3 saturated heterocycles. The highest BCUT2D eigenvalue weighted by Gasteiger charge is 2.49. The highest BCUT2D eigenvalue weighted by molar-refractivity contribution is 7.86. The van der Waals surface area contributed by atoms with E-state index in [-0.39, 0.29) is 11.8 Å². The highest BCUT2D eigenvalue weighted by atomic mass is 35.5. The molecule has 2 N–H and O–H groups in total. The smallest absolute Gasteiger partial charge is 0.276 e. The number of carbonyl (C=O) groups is 2. The third-order valence-electron chi connectivity index (χ3n) is 9.30. The van der Waals surface area contributed by atoms with Gasteiger partial charge < -0.3 is 4.90 Å². The summed E-state index contributed by atoms with van der Waals surface area (Å²) in [6.07, 6.45) is 7.09. The predicted molar refractivity (Wildman–Crippen MR) is 152 cm³/mol. The SMILES string of the molecule is NS(=O)(=O)N1CCN(C2CN(CCC3(c4ccc(Cl)c(Cl)c4)CCC(=O)N(CC4CCCCC4)C3=O)C2)CC1. The Morgan fingerprint density at radius 3 is 2.31 bits per heavy atom. The molecule has 3 aliphatic heterocycles. The van der Waals surface area contributed by atoms with Crippen molar-refractivity contribution < 1.29 is 18.0 Å². The molecule has 9 nitrogen and oxygen atoms in total. The van der Waals surface area contributed by atoms with Crippen LogP contribution in [0.1, 0.15) is 56.9 Å². The molecule has 1 aliphatic carbocycles. The first kappa shape index (κ1) is 29.2. The van der Waals surface area contributed by atoms with Crippen molar-refractivity contribution in [1.29, 1.82) is 0 Å². The Balaban J connectivity index is 1.26. The second kappa shape index (κ2) is 11.9. The summed E-state index contributed by atoms with van der Waals surface area (Å²) in [6.45, 7) is 5.13. The standard InChI is InChI=1S/C27H39Cl2N5O4S/c28-23-7-6-21(16-24(23)29)27(9-8-25(35)34(26(27)36)17-20-4-2-1-3-5-20)10-11-31-18-22(19-31)32-12-14-33(15-13-32)39(30,37)38/h6-7,16,20,22H,1-5,8-15,17-19H2,(H2,30,37,38). The van der Waals surface area contributed by atoms with Crippen molar-refractivity contribution in [3.63, 3.8) is 0 Å². The monoisotopic (exact) mass is 599 g/mol. The summed E-state index contributed by atoms with van der Waals surface area (Å²) in [5.41, 5.74) is 0.0162. The van der Waals surface area contributed by atoms with Gasteiger partial charge in [-0.15, -0.1) is 0 Å². The molecule has 1 aromatic carbocycles. The van der Waals surface area contributed by atoms with Crippen molar-refractivity contribution in [3.05, 3.63) is 33.8 Å². The average molecular weight is 601 g/mol. The first-order valence-corrected chi connectivity index (χ1v) is 16.4. The second-order valence-corrected chi connectivity index (χ2v) is 14.0. The molecule has 5 rings (SSSR count). The second-order valence-electron chi connectivity index (χ2n) is 11.7. The molecule has 1 saturated carbocycles. The number of amides is 2. The summed E-state index contributed by atoms with van der Waals surface area (Å²) in [7, 11) is -3.64. The van der Waals surface area contributed by atoms with Crippen molar-refractivity contribution >= 4 is 45.2 Å². The van der Waals surface area contributed by atoms with Gasteiger partial charge in [0, 0.05) is 58.3 Å². The number of benzene rings is 1. The number of halogens is 2. The molecule has 1 unspecified atom stereocenters. The quantitative estimate of drug-likeness (QED) is 0.460. The lowest BCUT2D eigenvalue weighted by Crippen LogP contribution is -2.64. The molecular weight excluding hydrogens is 561 g/mol. The molecule has 4 aliphatic rings. The van der Waals surface area contributed by atoms with E-state index in [9.17, 15) is 18.0 Å². The van der Waals surface area contributed by atoms with E-state index in [1.165, 1.54) is 10.7 Å². The number of carbonyl (C=O) groups excluding carboxylic acids is 2. The summed E-state index contributed by atoms with van der Waals surface area (Å²) in [6, 6.07) is 5.81. The predicted octanol–water partition coefficient (Wildman–Crippen LogP) is 2.86. The van der Waals surface area contributed by atoms with Gasteiger partial charge in [0.1, 0.15) is 0 Å². The van der Waals surface area contributed by atoms with Crippen LogP contribution in [0.4, 0.5) is 0 Å². The van der Waals surface area contributed by atoms with Gasteiger partial charge in [0.05, 0.1) is 15.5 Å². The van der Waals surface area contributed by atoms with Crippen LogP contribution in [0.25, 0.3) is 0 Å². The number of piperidine rings is 1. The van der Waals surface area contributed by atoms with Crippen LogP contribution in [0.15, 0.2) is 18.2 Å². The molecule has 0 radical (unpaired) electrons. The maximum Gasteiger partial charge on any atom is 0.276 e. The zero-order chi connectivity index (χ0) is 27.8. The molecule has 0 aromatic heterocycles. The molecule has 0 spiro atoms. The summed E-state index contributed by atoms with van der Waals surface area (Å²) in [5, 5.41) is 6.14. The van der Waals surface area contributed by atoms with Crippen LogP contribution in [-0.4, -0.2) is 97.6 Å². The Hall–Kier alpha value is -1.27. The van der Waals surface area contributed by atoms with Crippen LogP contribution < -0.4 is 5.14 Å². The fourth-order valence-corrected chi connectivity index (χ4v) is 7.78. The van der Waals surface area contributed by atoms with Crippen LogP contribution in [0, 0.1) is 5.92 Å². The zero-order valence-electron chi connectivity index (χ0n) is 22.4. The van der Waals surface area contributed by atoms with Gasteiger partial charge in [-0.25, -0.2) is 5.14 Å². The lowest BCUT2D eigenvalue weighted by molar-refractivity contribution is -0.155. The first-order chi connectivity index (χ1) is 18.6. The molecule has 1 atom stereocenters. The van der Waals surface area contributed by atoms with Crippen LogP contribution in [-0.2, 0) is 25.2 Å². The number of piperazine rings is 1. The third kappa shape index (κ3) is 6.32. The Bertz CT molecular complexity index is 1180. The minimum atomic E-state index is -3.64. The van der Waals surface area contributed by atoms with Gasteiger partial charge >= 0.3 is 0 Å². The Labute approximate surface area is 241 Å². The van der Waals surface area contributed by atoms with E-state index in [1.807, 2.05) is 6.07 Å². The molecule has 216 valence electrons. The fraction of sp³-hybridized carbons (Fsp3) is 0.704. The number of nitrogens with two attached hydrogens (primary N) is 1. The van der Waals surface area contributed by atoms with E-state index in [4.69, 9.17) is 28.3 Å². The third-order valence-corrected chi connectivity index (χ3v) is 11.1. The van der Waals surface area contributed by atoms with Crippen molar-refractivity contribution in [2.24, 2.45) is 11.1 Å². The number of rotatable bonds is 8. The van der Waals surface area contributed by atoms with E-state index in [0.29, 0.717) is 74.0 Å². The van der Waals surface area contributed by atoms with Crippen LogP contribution in [0.2, 0.25) is 10.0 Å². The molecule has 1 aromatic rings. The number of nitrogens with zero attached hydrogens (tertiary/aromatic N) is 4. The summed E-state index contributed by atoms with van der Waals surface area (Å²) >= 11 is 12.6. The Morgan fingerprint density at radius 1 is 0.974 bits per heavy atom. The molecule has 3 heterocycles. The van der Waals surface area contributed by atoms with Crippen molar-refractivity contribution in [2.75, 3.05) is 52.4 Å². The molecule has 4 fully saturated rings. The number of imide groups is 1. The van der Waals surface area contributed by atoms with Crippen LogP contribution in [0.5, 0.6) is 0 Å². The van der Waals surface area contributed by atoms with E-state index >= 15 is 0 Å². The minimum Gasteiger partial charge on any atom is -0.300 e. The fourth-order valence-electron chi connectivity index (χ4n) is 6.81. The lowest BCUT2D eigenvalue weighted by atomic mass is 9.70. The summed E-state index contributed by atoms with van der Waals surface area (Å²) < 4.78 is 24.6. The molecule has 12 heteroatoms. The van der Waals surface area contributed by atoms with Crippen LogP contribution >= 0.6 is 23.2 Å². The Morgan fingerprint density at radius 2 is 1.67 bits per heavy atom. The van der Waals surface area contributed by atoms with Crippen molar-refractivity contribution in [3.8, 4) is 0 Å². The minimum absolute atomic E-state index is 0.0658. The van der Waals surface area contributed by atoms with Gasteiger partial charge in [-0.05, 0) is 55.8 Å². The maximum absolute atomic E-state index is 14.2. The molecule has 2 amide bonds. The van der Waals surface area contributed by atoms with E-state index in [2.05, 4.69) is 9.80 Å². The van der Waals surface area contributed by atoms with E-state index < -0.39 is 15.6 Å². The first-order valence-electron chi connectivity index (χ1n) is 14.1. The van der Waals surface area contributed by atoms with Gasteiger partial charge in [-0.1, -0.05) is 48.5 Å². The average Bonchev–Trinajstić information content (AvgIpc) is 2.89. The van der Waals surface area contributed by atoms with E-state index in [0.717, 1.165) is 50.9 Å². The molecule has 0 bridgehead atoms. The van der Waals surface area contributed by atoms with Gasteiger partial charge in [0.25, 0.3) is 10.2 Å². The summed E-state index contributed by atoms with van der Waals surface area (Å²) in [5.74, 6) is 0.213.